The minimum atomic E-state index is -6.92. The van der Waals surface area contributed by atoms with Gasteiger partial charge in [0.05, 0.1) is 0 Å². The number of nitrogens with two attached hydrogens (primary N) is 1. The van der Waals surface area contributed by atoms with Gasteiger partial charge in [0.25, 0.3) is 0 Å². The maximum absolute atomic E-state index is 13.2. The summed E-state index contributed by atoms with van der Waals surface area (Å²) in [7, 11) is 0. The zero-order valence-corrected chi connectivity index (χ0v) is 11.1. The van der Waals surface area contributed by atoms with Gasteiger partial charge in [-0.2, -0.15) is 39.5 Å². The Bertz CT molecular complexity index is 574. The number of ether oxygens (including phenoxy) is 2. The van der Waals surface area contributed by atoms with E-state index < -0.39 is 36.4 Å². The van der Waals surface area contributed by atoms with Gasteiger partial charge < -0.3 is 10.5 Å². The summed E-state index contributed by atoms with van der Waals surface area (Å²) in [5, 5.41) is 0. The SMILES string of the molecule is Nc1cccc(OC(F)(F)C(F)OC(F)(F)C(F)(F)C(F)(F)F)c1. The zero-order valence-electron chi connectivity index (χ0n) is 11.1. The summed E-state index contributed by atoms with van der Waals surface area (Å²) in [6.07, 6.45) is -23.5. The Balaban J connectivity index is 2.94. The summed E-state index contributed by atoms with van der Waals surface area (Å²) in [5.74, 6) is -7.80. The van der Waals surface area contributed by atoms with Crippen LogP contribution >= 0.6 is 0 Å². The van der Waals surface area contributed by atoms with Gasteiger partial charge in [-0.25, -0.2) is 4.39 Å². The minimum Gasteiger partial charge on any atom is -0.428 e. The first kappa shape index (κ1) is 20.1. The minimum absolute atomic E-state index is 0.173. The van der Waals surface area contributed by atoms with Crippen molar-refractivity contribution >= 4 is 5.69 Å². The van der Waals surface area contributed by atoms with Crippen LogP contribution < -0.4 is 10.5 Å². The molecule has 2 N–H and O–H groups in total. The molecule has 24 heavy (non-hydrogen) atoms. The average molecular weight is 375 g/mol. The molecule has 0 amide bonds. The maximum Gasteiger partial charge on any atom is 0.462 e. The van der Waals surface area contributed by atoms with Crippen molar-refractivity contribution < 1.29 is 53.4 Å². The molecule has 1 rings (SSSR count). The second kappa shape index (κ2) is 6.18. The van der Waals surface area contributed by atoms with Crippen molar-refractivity contribution in [1.29, 1.82) is 0 Å². The molecule has 138 valence electrons. The molecule has 0 spiro atoms. The summed E-state index contributed by atoms with van der Waals surface area (Å²) in [4.78, 5) is 0. The van der Waals surface area contributed by atoms with Crippen LogP contribution in [-0.4, -0.2) is 30.7 Å². The number of alkyl halides is 10. The van der Waals surface area contributed by atoms with E-state index >= 15 is 0 Å². The van der Waals surface area contributed by atoms with Crippen LogP contribution in [-0.2, 0) is 4.74 Å². The molecular weight excluding hydrogens is 368 g/mol. The lowest BCUT2D eigenvalue weighted by atomic mass is 10.3. The highest BCUT2D eigenvalue weighted by Gasteiger charge is 2.76. The van der Waals surface area contributed by atoms with Crippen LogP contribution in [0.5, 0.6) is 5.75 Å². The Labute approximate surface area is 126 Å². The summed E-state index contributed by atoms with van der Waals surface area (Å²) in [5.41, 5.74) is 4.99. The number of nitrogen functional groups attached to an aromatic ring is 1. The summed E-state index contributed by atoms with van der Waals surface area (Å²) >= 11 is 0. The van der Waals surface area contributed by atoms with E-state index in [0.29, 0.717) is 6.07 Å². The molecule has 0 radical (unpaired) electrons. The van der Waals surface area contributed by atoms with Crippen molar-refractivity contribution in [2.24, 2.45) is 0 Å². The Hall–Kier alpha value is -1.92. The van der Waals surface area contributed by atoms with Crippen molar-refractivity contribution in [3.8, 4) is 5.75 Å². The van der Waals surface area contributed by atoms with Crippen LogP contribution in [0.1, 0.15) is 0 Å². The van der Waals surface area contributed by atoms with Gasteiger partial charge in [-0.15, -0.1) is 0 Å². The summed E-state index contributed by atoms with van der Waals surface area (Å²) in [6.45, 7) is 0. The average Bonchev–Trinajstić information content (AvgIpc) is 2.35. The first-order chi connectivity index (χ1) is 10.6. The number of rotatable bonds is 6. The van der Waals surface area contributed by atoms with Crippen LogP contribution in [0.2, 0.25) is 0 Å². The molecule has 1 aromatic carbocycles. The quantitative estimate of drug-likeness (QED) is 0.594. The van der Waals surface area contributed by atoms with E-state index in [4.69, 9.17) is 5.73 Å². The van der Waals surface area contributed by atoms with Crippen molar-refractivity contribution in [2.45, 2.75) is 30.7 Å². The molecule has 1 unspecified atom stereocenters. The zero-order chi connectivity index (χ0) is 19.0. The molecule has 0 saturated carbocycles. The molecule has 0 aromatic heterocycles. The molecule has 0 fully saturated rings. The van der Waals surface area contributed by atoms with Crippen LogP contribution in [0.25, 0.3) is 0 Å². The molecule has 0 aliphatic carbocycles. The molecule has 0 aliphatic heterocycles. The fourth-order valence-corrected chi connectivity index (χ4v) is 1.22. The number of hydrogen-bond donors (Lipinski definition) is 1. The number of anilines is 1. The van der Waals surface area contributed by atoms with Gasteiger partial charge in [0.2, 0.25) is 0 Å². The molecule has 1 atom stereocenters. The molecule has 0 saturated heterocycles. The van der Waals surface area contributed by atoms with Crippen molar-refractivity contribution in [1.82, 2.24) is 0 Å². The number of benzene rings is 1. The number of halogens is 10. The lowest BCUT2D eigenvalue weighted by molar-refractivity contribution is -0.460. The molecular formula is C11H7F10NO2. The Morgan fingerprint density at radius 3 is 1.92 bits per heavy atom. The van der Waals surface area contributed by atoms with Crippen molar-refractivity contribution in [2.75, 3.05) is 5.73 Å². The van der Waals surface area contributed by atoms with Crippen LogP contribution in [0, 0.1) is 0 Å². The predicted molar refractivity (Wildman–Crippen MR) is 58.4 cm³/mol. The van der Waals surface area contributed by atoms with Crippen LogP contribution in [0.4, 0.5) is 49.6 Å². The third-order valence-corrected chi connectivity index (χ3v) is 2.35. The van der Waals surface area contributed by atoms with Gasteiger partial charge in [-0.05, 0) is 12.1 Å². The molecule has 0 bridgehead atoms. The first-order valence-electron chi connectivity index (χ1n) is 5.67. The third-order valence-electron chi connectivity index (χ3n) is 2.35. The normalized spacial score (nSPS) is 15.2. The van der Waals surface area contributed by atoms with E-state index in [2.05, 4.69) is 9.47 Å². The van der Waals surface area contributed by atoms with Gasteiger partial charge >= 0.3 is 30.7 Å². The molecule has 1 aromatic rings. The van der Waals surface area contributed by atoms with Gasteiger partial charge in [0, 0.05) is 11.8 Å². The summed E-state index contributed by atoms with van der Waals surface area (Å²) < 4.78 is 131. The van der Waals surface area contributed by atoms with Gasteiger partial charge in [0.15, 0.2) is 0 Å². The lowest BCUT2D eigenvalue weighted by Crippen LogP contribution is -2.56. The van der Waals surface area contributed by atoms with E-state index in [-0.39, 0.29) is 5.69 Å². The second-order valence-electron chi connectivity index (χ2n) is 4.26. The van der Waals surface area contributed by atoms with Crippen molar-refractivity contribution in [3.63, 3.8) is 0 Å². The first-order valence-corrected chi connectivity index (χ1v) is 5.67. The third kappa shape index (κ3) is 4.13. The van der Waals surface area contributed by atoms with E-state index in [1.807, 2.05) is 0 Å². The molecule has 3 nitrogen and oxygen atoms in total. The van der Waals surface area contributed by atoms with E-state index in [1.165, 1.54) is 6.07 Å². The second-order valence-corrected chi connectivity index (χ2v) is 4.26. The highest BCUT2D eigenvalue weighted by molar-refractivity contribution is 5.43. The van der Waals surface area contributed by atoms with Crippen LogP contribution in [0.3, 0.4) is 0 Å². The maximum atomic E-state index is 13.2. The highest BCUT2D eigenvalue weighted by Crippen LogP contribution is 2.48. The Kier molecular flexibility index (Phi) is 5.18. The van der Waals surface area contributed by atoms with E-state index in [9.17, 15) is 43.9 Å². The largest absolute Gasteiger partial charge is 0.462 e. The van der Waals surface area contributed by atoms with Gasteiger partial charge in [-0.3, -0.25) is 4.74 Å². The van der Waals surface area contributed by atoms with Crippen LogP contribution in [0.15, 0.2) is 24.3 Å². The molecule has 0 heterocycles. The van der Waals surface area contributed by atoms with E-state index in [0.717, 1.165) is 12.1 Å². The fraction of sp³-hybridized carbons (Fsp3) is 0.455. The van der Waals surface area contributed by atoms with Crippen molar-refractivity contribution in [3.05, 3.63) is 24.3 Å². The molecule has 13 heteroatoms. The molecule has 0 aliphatic rings. The summed E-state index contributed by atoms with van der Waals surface area (Å²) in [6, 6.07) is 3.65. The fourth-order valence-electron chi connectivity index (χ4n) is 1.22. The topological polar surface area (TPSA) is 44.5 Å². The standard InChI is InChI=1S/C11H7F10NO2/c12-7(24-11(20,21)9(15,16)10(17,18)19)8(13,14)23-6-3-1-2-5(22)4-6/h1-4,7H,22H2. The smallest absolute Gasteiger partial charge is 0.428 e. The predicted octanol–water partition coefficient (Wildman–Crippen LogP) is 4.34. The lowest BCUT2D eigenvalue weighted by Gasteiger charge is -2.30. The van der Waals surface area contributed by atoms with Gasteiger partial charge in [-0.1, -0.05) is 6.07 Å². The monoisotopic (exact) mass is 375 g/mol. The Morgan fingerprint density at radius 1 is 0.917 bits per heavy atom. The number of hydrogen-bond acceptors (Lipinski definition) is 3. The Morgan fingerprint density at radius 2 is 1.46 bits per heavy atom. The highest BCUT2D eigenvalue weighted by atomic mass is 19.4. The van der Waals surface area contributed by atoms with E-state index in [1.54, 1.807) is 0 Å². The van der Waals surface area contributed by atoms with Gasteiger partial charge in [0.1, 0.15) is 5.75 Å².